The van der Waals surface area contributed by atoms with Gasteiger partial charge in [-0.1, -0.05) is 24.3 Å². The monoisotopic (exact) mass is 296 g/mol. The third-order valence-corrected chi connectivity index (χ3v) is 3.96. The van der Waals surface area contributed by atoms with E-state index < -0.39 is 0 Å². The van der Waals surface area contributed by atoms with Crippen LogP contribution >= 0.6 is 0 Å². The predicted molar refractivity (Wildman–Crippen MR) is 86.2 cm³/mol. The van der Waals surface area contributed by atoms with Crippen LogP contribution in [0, 0.1) is 5.92 Å². The second-order valence-electron chi connectivity index (χ2n) is 5.50. The predicted octanol–water partition coefficient (Wildman–Crippen LogP) is 3.26. The van der Waals surface area contributed by atoms with Gasteiger partial charge in [-0.05, 0) is 37.8 Å². The number of amides is 1. The summed E-state index contributed by atoms with van der Waals surface area (Å²) in [5, 5.41) is 11.2. The van der Waals surface area contributed by atoms with Crippen LogP contribution in [-0.2, 0) is 11.3 Å². The van der Waals surface area contributed by atoms with Crippen molar-refractivity contribution < 1.29 is 4.79 Å². The fourth-order valence-corrected chi connectivity index (χ4v) is 2.79. The molecule has 1 atom stereocenters. The minimum Gasteiger partial charge on any atom is -0.325 e. The van der Waals surface area contributed by atoms with Crippen LogP contribution in [0.1, 0.15) is 26.2 Å². The van der Waals surface area contributed by atoms with Gasteiger partial charge in [0, 0.05) is 18.5 Å². The lowest BCUT2D eigenvalue weighted by molar-refractivity contribution is -0.116. The second-order valence-corrected chi connectivity index (χ2v) is 5.50. The molecule has 0 saturated carbocycles. The molecule has 0 spiro atoms. The molecule has 1 heterocycles. The maximum absolute atomic E-state index is 12.3. The van der Waals surface area contributed by atoms with E-state index in [4.69, 9.17) is 0 Å². The summed E-state index contributed by atoms with van der Waals surface area (Å²) in [5.74, 6) is 1.19. The van der Waals surface area contributed by atoms with E-state index in [1.165, 1.54) is 0 Å². The Bertz CT molecular complexity index is 689. The number of carbonyl (C=O) groups is 1. The number of aromatic nitrogens is 3. The van der Waals surface area contributed by atoms with E-state index in [-0.39, 0.29) is 5.91 Å². The van der Waals surface area contributed by atoms with Gasteiger partial charge in [-0.15, -0.1) is 10.2 Å². The smallest absolute Gasteiger partial charge is 0.224 e. The number of hydrogen-bond donors (Lipinski definition) is 1. The average Bonchev–Trinajstić information content (AvgIpc) is 3.18. The molecule has 1 N–H and O–H groups in total. The third kappa shape index (κ3) is 3.08. The van der Waals surface area contributed by atoms with Crippen molar-refractivity contribution in [2.75, 3.05) is 5.32 Å². The van der Waals surface area contributed by atoms with Crippen LogP contribution in [-0.4, -0.2) is 20.7 Å². The standard InChI is InChI=1S/C17H20N4O/c1-2-21-12-18-20-17(21)14-9-5-6-10-15(14)19-16(22)11-13-7-3-4-8-13/h3,5-7,9-10,12-13H,2,4,8,11H2,1H3,(H,19,22)/t13-/m0/s1. The lowest BCUT2D eigenvalue weighted by Crippen LogP contribution is -2.15. The van der Waals surface area contributed by atoms with Crippen molar-refractivity contribution in [3.05, 3.63) is 42.7 Å². The molecule has 3 rings (SSSR count). The summed E-state index contributed by atoms with van der Waals surface area (Å²) in [6.45, 7) is 2.83. The largest absolute Gasteiger partial charge is 0.325 e. The number of allylic oxidation sites excluding steroid dienone is 2. The molecule has 2 aromatic rings. The van der Waals surface area contributed by atoms with Crippen molar-refractivity contribution in [1.82, 2.24) is 14.8 Å². The highest BCUT2D eigenvalue weighted by atomic mass is 16.1. The van der Waals surface area contributed by atoms with Crippen LogP contribution in [0.15, 0.2) is 42.7 Å². The first kappa shape index (κ1) is 14.5. The number of hydrogen-bond acceptors (Lipinski definition) is 3. The number of nitrogens with zero attached hydrogens (tertiary/aromatic N) is 3. The van der Waals surface area contributed by atoms with E-state index >= 15 is 0 Å². The summed E-state index contributed by atoms with van der Waals surface area (Å²) in [5.41, 5.74) is 1.69. The molecule has 114 valence electrons. The zero-order valence-electron chi connectivity index (χ0n) is 12.7. The van der Waals surface area contributed by atoms with E-state index in [1.807, 2.05) is 35.8 Å². The van der Waals surface area contributed by atoms with Gasteiger partial charge in [0.15, 0.2) is 5.82 Å². The minimum absolute atomic E-state index is 0.0477. The van der Waals surface area contributed by atoms with Crippen LogP contribution < -0.4 is 5.32 Å². The Balaban J connectivity index is 1.79. The lowest BCUT2D eigenvalue weighted by atomic mass is 10.0. The summed E-state index contributed by atoms with van der Waals surface area (Å²) in [4.78, 5) is 12.3. The summed E-state index contributed by atoms with van der Waals surface area (Å²) in [6, 6.07) is 7.73. The van der Waals surface area contributed by atoms with Crippen molar-refractivity contribution in [3.63, 3.8) is 0 Å². The topological polar surface area (TPSA) is 59.8 Å². The van der Waals surface area contributed by atoms with Gasteiger partial charge in [-0.3, -0.25) is 4.79 Å². The number of aryl methyl sites for hydroxylation is 1. The summed E-state index contributed by atoms with van der Waals surface area (Å²) >= 11 is 0. The molecule has 1 aliphatic carbocycles. The molecule has 0 radical (unpaired) electrons. The summed E-state index contributed by atoms with van der Waals surface area (Å²) in [6.07, 6.45) is 8.67. The molecule has 5 nitrogen and oxygen atoms in total. The van der Waals surface area contributed by atoms with Crippen LogP contribution in [0.5, 0.6) is 0 Å². The van der Waals surface area contributed by atoms with Crippen molar-refractivity contribution in [3.8, 4) is 11.4 Å². The number of nitrogens with one attached hydrogen (secondary N) is 1. The Morgan fingerprint density at radius 3 is 3.05 bits per heavy atom. The zero-order valence-corrected chi connectivity index (χ0v) is 12.7. The number of benzene rings is 1. The van der Waals surface area contributed by atoms with Crippen LogP contribution in [0.3, 0.4) is 0 Å². The highest BCUT2D eigenvalue weighted by Crippen LogP contribution is 2.27. The van der Waals surface area contributed by atoms with Crippen molar-refractivity contribution in [1.29, 1.82) is 0 Å². The fraction of sp³-hybridized carbons (Fsp3) is 0.353. The molecular formula is C17H20N4O. The van der Waals surface area contributed by atoms with Gasteiger partial charge in [0.2, 0.25) is 5.91 Å². The molecule has 1 aromatic carbocycles. The molecule has 1 amide bonds. The Kier molecular flexibility index (Phi) is 4.32. The Morgan fingerprint density at radius 2 is 2.27 bits per heavy atom. The van der Waals surface area contributed by atoms with Crippen molar-refractivity contribution in [2.24, 2.45) is 5.92 Å². The van der Waals surface area contributed by atoms with E-state index in [0.29, 0.717) is 12.3 Å². The molecular weight excluding hydrogens is 276 g/mol. The van der Waals surface area contributed by atoms with E-state index in [9.17, 15) is 4.79 Å². The van der Waals surface area contributed by atoms with E-state index in [1.54, 1.807) is 6.33 Å². The summed E-state index contributed by atoms with van der Waals surface area (Å²) < 4.78 is 1.96. The van der Waals surface area contributed by atoms with Crippen molar-refractivity contribution >= 4 is 11.6 Å². The Hall–Kier alpha value is -2.43. The first-order chi connectivity index (χ1) is 10.8. The zero-order chi connectivity index (χ0) is 15.4. The van der Waals surface area contributed by atoms with Gasteiger partial charge in [0.05, 0.1) is 5.69 Å². The first-order valence-electron chi connectivity index (χ1n) is 7.71. The van der Waals surface area contributed by atoms with Gasteiger partial charge in [0.25, 0.3) is 0 Å². The third-order valence-electron chi connectivity index (χ3n) is 3.96. The van der Waals surface area contributed by atoms with Crippen LogP contribution in [0.25, 0.3) is 11.4 Å². The van der Waals surface area contributed by atoms with Gasteiger partial charge >= 0.3 is 0 Å². The molecule has 1 aromatic heterocycles. The molecule has 0 bridgehead atoms. The van der Waals surface area contributed by atoms with E-state index in [0.717, 1.165) is 36.5 Å². The SMILES string of the molecule is CCn1cnnc1-c1ccccc1NC(=O)C[C@H]1C=CCC1. The van der Waals surface area contributed by atoms with Crippen LogP contribution in [0.4, 0.5) is 5.69 Å². The first-order valence-corrected chi connectivity index (χ1v) is 7.71. The average molecular weight is 296 g/mol. The number of carbonyl (C=O) groups excluding carboxylic acids is 1. The highest BCUT2D eigenvalue weighted by Gasteiger charge is 2.16. The molecule has 22 heavy (non-hydrogen) atoms. The lowest BCUT2D eigenvalue weighted by Gasteiger charge is -2.12. The molecule has 5 heteroatoms. The van der Waals surface area contributed by atoms with E-state index in [2.05, 4.69) is 27.7 Å². The molecule has 0 saturated heterocycles. The molecule has 1 aliphatic rings. The normalized spacial score (nSPS) is 16.9. The van der Waals surface area contributed by atoms with Gasteiger partial charge in [0.1, 0.15) is 6.33 Å². The Labute approximate surface area is 130 Å². The summed E-state index contributed by atoms with van der Waals surface area (Å²) in [7, 11) is 0. The maximum atomic E-state index is 12.3. The van der Waals surface area contributed by atoms with Gasteiger partial charge < -0.3 is 9.88 Å². The Morgan fingerprint density at radius 1 is 1.41 bits per heavy atom. The van der Waals surface area contributed by atoms with Crippen molar-refractivity contribution in [2.45, 2.75) is 32.7 Å². The molecule has 0 unspecified atom stereocenters. The van der Waals surface area contributed by atoms with Crippen LogP contribution in [0.2, 0.25) is 0 Å². The number of anilines is 1. The van der Waals surface area contributed by atoms with Gasteiger partial charge in [-0.2, -0.15) is 0 Å². The second kappa shape index (κ2) is 6.56. The highest BCUT2D eigenvalue weighted by molar-refractivity contribution is 5.95. The van der Waals surface area contributed by atoms with Gasteiger partial charge in [-0.25, -0.2) is 0 Å². The molecule has 0 fully saturated rings. The fourth-order valence-electron chi connectivity index (χ4n) is 2.79. The quantitative estimate of drug-likeness (QED) is 0.862. The number of rotatable bonds is 5. The number of para-hydroxylation sites is 1. The maximum Gasteiger partial charge on any atom is 0.224 e. The molecule has 0 aliphatic heterocycles. The minimum atomic E-state index is 0.0477.